The summed E-state index contributed by atoms with van der Waals surface area (Å²) >= 11 is 1.66. The van der Waals surface area contributed by atoms with Crippen molar-refractivity contribution in [3.05, 3.63) is 59.7 Å². The molecule has 0 saturated carbocycles. The molecule has 28 heavy (non-hydrogen) atoms. The van der Waals surface area contributed by atoms with Gasteiger partial charge in [-0.15, -0.1) is 11.8 Å². The Morgan fingerprint density at radius 1 is 1.04 bits per heavy atom. The number of thioether (sulfide) groups is 1. The molecule has 0 unspecified atom stereocenters. The van der Waals surface area contributed by atoms with Gasteiger partial charge in [0.05, 0.1) is 6.61 Å². The summed E-state index contributed by atoms with van der Waals surface area (Å²) in [6.07, 6.45) is 2.01. The minimum absolute atomic E-state index is 0.0991. The van der Waals surface area contributed by atoms with Crippen LogP contribution in [0.5, 0.6) is 5.75 Å². The average Bonchev–Trinajstić information content (AvgIpc) is 2.71. The van der Waals surface area contributed by atoms with Gasteiger partial charge in [-0.1, -0.05) is 26.0 Å². The molecule has 0 fully saturated rings. The van der Waals surface area contributed by atoms with Gasteiger partial charge in [0.25, 0.3) is 5.91 Å². The van der Waals surface area contributed by atoms with Crippen molar-refractivity contribution in [3.63, 3.8) is 0 Å². The maximum atomic E-state index is 12.5. The Morgan fingerprint density at radius 2 is 1.68 bits per heavy atom. The first-order valence-corrected chi connectivity index (χ1v) is 10.5. The third kappa shape index (κ3) is 6.30. The molecule has 1 N–H and O–H groups in total. The fourth-order valence-corrected chi connectivity index (χ4v) is 2.97. The van der Waals surface area contributed by atoms with Crippen LogP contribution in [0.1, 0.15) is 36.7 Å². The molecule has 0 radical (unpaired) electrons. The van der Waals surface area contributed by atoms with E-state index in [0.29, 0.717) is 17.9 Å². The van der Waals surface area contributed by atoms with E-state index < -0.39 is 12.0 Å². The van der Waals surface area contributed by atoms with Crippen LogP contribution >= 0.6 is 11.8 Å². The highest BCUT2D eigenvalue weighted by Crippen LogP contribution is 2.16. The van der Waals surface area contributed by atoms with Gasteiger partial charge >= 0.3 is 5.97 Å². The van der Waals surface area contributed by atoms with E-state index in [4.69, 9.17) is 9.47 Å². The lowest BCUT2D eigenvalue weighted by Gasteiger charge is -2.21. The summed E-state index contributed by atoms with van der Waals surface area (Å²) < 4.78 is 10.8. The normalized spacial score (nSPS) is 11.8. The molecule has 2 rings (SSSR count). The minimum atomic E-state index is -0.718. The van der Waals surface area contributed by atoms with E-state index in [1.165, 1.54) is 0 Å². The third-order valence-electron chi connectivity index (χ3n) is 4.17. The second-order valence-electron chi connectivity index (χ2n) is 6.61. The molecule has 150 valence electrons. The molecular formula is C22H27NO4S. The van der Waals surface area contributed by atoms with Gasteiger partial charge < -0.3 is 14.8 Å². The van der Waals surface area contributed by atoms with Crippen LogP contribution < -0.4 is 10.1 Å². The summed E-state index contributed by atoms with van der Waals surface area (Å²) in [5.41, 5.74) is 1.38. The summed E-state index contributed by atoms with van der Waals surface area (Å²) in [6.45, 7) is 6.38. The first-order chi connectivity index (χ1) is 13.4. The van der Waals surface area contributed by atoms with E-state index in [-0.39, 0.29) is 18.4 Å². The lowest BCUT2D eigenvalue weighted by Crippen LogP contribution is -2.45. The summed E-state index contributed by atoms with van der Waals surface area (Å²) in [7, 11) is 0. The van der Waals surface area contributed by atoms with E-state index in [0.717, 1.165) is 10.5 Å². The Kier molecular flexibility index (Phi) is 8.39. The molecule has 2 aromatic rings. The molecule has 0 saturated heterocycles. The van der Waals surface area contributed by atoms with Crippen molar-refractivity contribution in [2.75, 3.05) is 12.9 Å². The van der Waals surface area contributed by atoms with Gasteiger partial charge in [0.15, 0.2) is 0 Å². The van der Waals surface area contributed by atoms with Crippen molar-refractivity contribution in [2.45, 2.75) is 38.3 Å². The van der Waals surface area contributed by atoms with E-state index in [9.17, 15) is 9.59 Å². The Labute approximate surface area is 170 Å². The second-order valence-corrected chi connectivity index (χ2v) is 7.49. The van der Waals surface area contributed by atoms with Crippen LogP contribution in [0.2, 0.25) is 0 Å². The molecule has 0 aliphatic heterocycles. The SMILES string of the molecule is CCOc1ccc(C(=O)N[C@H](C(=O)OCc2ccc(SC)cc2)C(C)C)cc1. The van der Waals surface area contributed by atoms with E-state index >= 15 is 0 Å². The standard InChI is InChI=1S/C22H27NO4S/c1-5-26-18-10-8-17(9-11-18)21(24)23-20(15(2)3)22(25)27-14-16-6-12-19(28-4)13-7-16/h6-13,15,20H,5,14H2,1-4H3,(H,23,24)/t20-/m0/s1. The monoisotopic (exact) mass is 401 g/mol. The molecule has 0 heterocycles. The van der Waals surface area contributed by atoms with Crippen molar-refractivity contribution < 1.29 is 19.1 Å². The maximum absolute atomic E-state index is 12.5. The van der Waals surface area contributed by atoms with Gasteiger partial charge in [-0.25, -0.2) is 4.79 Å². The van der Waals surface area contributed by atoms with Gasteiger partial charge in [-0.05, 0) is 61.1 Å². The summed E-state index contributed by atoms with van der Waals surface area (Å²) in [6, 6.07) is 13.9. The van der Waals surface area contributed by atoms with Gasteiger partial charge in [0.2, 0.25) is 0 Å². The van der Waals surface area contributed by atoms with Gasteiger partial charge in [-0.2, -0.15) is 0 Å². The number of ether oxygens (including phenoxy) is 2. The first kappa shape index (κ1) is 21.8. The van der Waals surface area contributed by atoms with Crippen molar-refractivity contribution in [3.8, 4) is 5.75 Å². The van der Waals surface area contributed by atoms with Crippen LogP contribution in [0.3, 0.4) is 0 Å². The third-order valence-corrected chi connectivity index (χ3v) is 4.92. The molecule has 1 amide bonds. The molecule has 0 aliphatic carbocycles. The number of rotatable bonds is 9. The Hall–Kier alpha value is -2.47. The molecule has 0 aromatic heterocycles. The van der Waals surface area contributed by atoms with Gasteiger partial charge in [0.1, 0.15) is 18.4 Å². The Morgan fingerprint density at radius 3 is 2.21 bits per heavy atom. The van der Waals surface area contributed by atoms with Crippen molar-refractivity contribution in [1.29, 1.82) is 0 Å². The predicted molar refractivity (Wildman–Crippen MR) is 112 cm³/mol. The number of amides is 1. The quantitative estimate of drug-likeness (QED) is 0.501. The van der Waals surface area contributed by atoms with Crippen LogP contribution in [0.4, 0.5) is 0 Å². The average molecular weight is 402 g/mol. The molecule has 1 atom stereocenters. The number of carbonyl (C=O) groups excluding carboxylic acids is 2. The van der Waals surface area contributed by atoms with Gasteiger partial charge in [0, 0.05) is 10.5 Å². The fourth-order valence-electron chi connectivity index (χ4n) is 2.56. The topological polar surface area (TPSA) is 64.6 Å². The van der Waals surface area contributed by atoms with Crippen LogP contribution in [-0.4, -0.2) is 30.8 Å². The predicted octanol–water partition coefficient (Wildman–Crippen LogP) is 4.31. The van der Waals surface area contributed by atoms with Crippen LogP contribution in [0, 0.1) is 5.92 Å². The molecule has 0 bridgehead atoms. The van der Waals surface area contributed by atoms with E-state index in [1.54, 1.807) is 36.0 Å². The van der Waals surface area contributed by atoms with Crippen LogP contribution in [-0.2, 0) is 16.1 Å². The highest BCUT2D eigenvalue weighted by Gasteiger charge is 2.26. The zero-order valence-electron chi connectivity index (χ0n) is 16.7. The largest absolute Gasteiger partial charge is 0.494 e. The van der Waals surface area contributed by atoms with E-state index in [2.05, 4.69) is 5.32 Å². The molecule has 5 nitrogen and oxygen atoms in total. The lowest BCUT2D eigenvalue weighted by atomic mass is 10.0. The number of hydrogen-bond acceptors (Lipinski definition) is 5. The van der Waals surface area contributed by atoms with Gasteiger partial charge in [-0.3, -0.25) is 4.79 Å². The van der Waals surface area contributed by atoms with Crippen molar-refractivity contribution in [1.82, 2.24) is 5.32 Å². The van der Waals surface area contributed by atoms with Crippen molar-refractivity contribution in [2.24, 2.45) is 5.92 Å². The fraction of sp³-hybridized carbons (Fsp3) is 0.364. The number of benzene rings is 2. The second kappa shape index (κ2) is 10.8. The summed E-state index contributed by atoms with van der Waals surface area (Å²) in [4.78, 5) is 26.2. The number of nitrogens with one attached hydrogen (secondary N) is 1. The lowest BCUT2D eigenvalue weighted by molar-refractivity contribution is -0.148. The van der Waals surface area contributed by atoms with Crippen LogP contribution in [0.15, 0.2) is 53.4 Å². The summed E-state index contributed by atoms with van der Waals surface area (Å²) in [5.74, 6) is -0.157. The maximum Gasteiger partial charge on any atom is 0.329 e. The number of hydrogen-bond donors (Lipinski definition) is 1. The first-order valence-electron chi connectivity index (χ1n) is 9.27. The molecule has 6 heteroatoms. The minimum Gasteiger partial charge on any atom is -0.494 e. The molecule has 0 spiro atoms. The number of esters is 1. The molecular weight excluding hydrogens is 374 g/mol. The van der Waals surface area contributed by atoms with Crippen LogP contribution in [0.25, 0.3) is 0 Å². The number of carbonyl (C=O) groups is 2. The zero-order valence-corrected chi connectivity index (χ0v) is 17.5. The Balaban J connectivity index is 1.96. The summed E-state index contributed by atoms with van der Waals surface area (Å²) in [5, 5.41) is 2.78. The highest BCUT2D eigenvalue weighted by atomic mass is 32.2. The van der Waals surface area contributed by atoms with E-state index in [1.807, 2.05) is 51.3 Å². The molecule has 0 aliphatic rings. The Bertz CT molecular complexity index is 772. The van der Waals surface area contributed by atoms with Crippen molar-refractivity contribution >= 4 is 23.6 Å². The molecule has 2 aromatic carbocycles. The smallest absolute Gasteiger partial charge is 0.329 e. The zero-order chi connectivity index (χ0) is 20.5. The highest BCUT2D eigenvalue weighted by molar-refractivity contribution is 7.98.